The minimum atomic E-state index is -0.380. The van der Waals surface area contributed by atoms with Crippen LogP contribution in [0, 0.1) is 13.8 Å². The van der Waals surface area contributed by atoms with Crippen LogP contribution < -0.4 is 10.2 Å². The Morgan fingerprint density at radius 2 is 2.05 bits per heavy atom. The van der Waals surface area contributed by atoms with Crippen molar-refractivity contribution < 1.29 is 9.57 Å². The van der Waals surface area contributed by atoms with Crippen LogP contribution in [0.25, 0.3) is 0 Å². The maximum Gasteiger partial charge on any atom is 0.202 e. The molecular weight excluding hydrogens is 266 g/mol. The summed E-state index contributed by atoms with van der Waals surface area (Å²) in [5.41, 5.74) is 6.89. The summed E-state index contributed by atoms with van der Waals surface area (Å²) in [4.78, 5) is 14.3. The van der Waals surface area contributed by atoms with Crippen molar-refractivity contribution in [2.75, 3.05) is 7.11 Å². The summed E-state index contributed by atoms with van der Waals surface area (Å²) < 4.78 is 5.34. The fraction of sp³-hybridized carbons (Fsp3) is 0.250. The van der Waals surface area contributed by atoms with E-state index in [1.54, 1.807) is 13.3 Å². The molecule has 1 atom stereocenters. The van der Waals surface area contributed by atoms with E-state index in [1.807, 2.05) is 44.3 Å². The summed E-state index contributed by atoms with van der Waals surface area (Å²) >= 11 is 0. The Hall–Kier alpha value is -2.40. The molecule has 1 aliphatic rings. The van der Waals surface area contributed by atoms with Crippen molar-refractivity contribution in [3.8, 4) is 5.75 Å². The maximum atomic E-state index is 5.55. The van der Waals surface area contributed by atoms with E-state index in [2.05, 4.69) is 15.5 Å². The SMILES string of the molecule is COc1cc(C2N=C(c3cncc(C)c3)NO2)ccc1C. The fourth-order valence-electron chi connectivity index (χ4n) is 2.23. The number of nitrogens with one attached hydrogen (secondary N) is 1. The number of hydrogen-bond donors (Lipinski definition) is 1. The number of rotatable bonds is 3. The molecule has 2 heterocycles. The van der Waals surface area contributed by atoms with Crippen molar-refractivity contribution >= 4 is 5.84 Å². The molecule has 3 rings (SSSR count). The van der Waals surface area contributed by atoms with Crippen LogP contribution in [0.1, 0.15) is 28.5 Å². The Kier molecular flexibility index (Phi) is 3.58. The number of benzene rings is 1. The molecule has 0 amide bonds. The average molecular weight is 283 g/mol. The minimum absolute atomic E-state index is 0.380. The molecule has 1 aromatic carbocycles. The van der Waals surface area contributed by atoms with Crippen LogP contribution in [-0.2, 0) is 4.84 Å². The summed E-state index contributed by atoms with van der Waals surface area (Å²) in [7, 11) is 1.66. The molecule has 1 aliphatic heterocycles. The molecule has 1 N–H and O–H groups in total. The zero-order chi connectivity index (χ0) is 14.8. The van der Waals surface area contributed by atoms with Crippen molar-refractivity contribution in [3.05, 3.63) is 58.9 Å². The van der Waals surface area contributed by atoms with E-state index >= 15 is 0 Å². The smallest absolute Gasteiger partial charge is 0.202 e. The number of nitrogens with zero attached hydrogens (tertiary/aromatic N) is 2. The molecule has 0 spiro atoms. The third-order valence-corrected chi connectivity index (χ3v) is 3.38. The first kappa shape index (κ1) is 13.6. The molecule has 2 aromatic rings. The molecule has 0 radical (unpaired) electrons. The number of aliphatic imine (C=N–C) groups is 1. The molecule has 0 saturated heterocycles. The fourth-order valence-corrected chi connectivity index (χ4v) is 2.23. The van der Waals surface area contributed by atoms with Gasteiger partial charge in [0.1, 0.15) is 5.75 Å². The third kappa shape index (κ3) is 2.73. The average Bonchev–Trinajstić information content (AvgIpc) is 2.97. The van der Waals surface area contributed by atoms with Gasteiger partial charge in [-0.1, -0.05) is 12.1 Å². The van der Waals surface area contributed by atoms with Crippen molar-refractivity contribution in [2.24, 2.45) is 4.99 Å². The van der Waals surface area contributed by atoms with Crippen LogP contribution in [0.3, 0.4) is 0 Å². The van der Waals surface area contributed by atoms with Gasteiger partial charge in [0.2, 0.25) is 6.23 Å². The molecule has 21 heavy (non-hydrogen) atoms. The van der Waals surface area contributed by atoms with Gasteiger partial charge >= 0.3 is 0 Å². The van der Waals surface area contributed by atoms with Gasteiger partial charge in [-0.3, -0.25) is 4.98 Å². The first-order valence-electron chi connectivity index (χ1n) is 6.73. The molecule has 0 saturated carbocycles. The van der Waals surface area contributed by atoms with Crippen molar-refractivity contribution in [2.45, 2.75) is 20.1 Å². The van der Waals surface area contributed by atoms with Gasteiger partial charge in [0.05, 0.1) is 7.11 Å². The highest BCUT2D eigenvalue weighted by atomic mass is 16.7. The second-order valence-electron chi connectivity index (χ2n) is 5.03. The number of aromatic nitrogens is 1. The van der Waals surface area contributed by atoms with Crippen LogP contribution in [0.15, 0.2) is 41.7 Å². The topological polar surface area (TPSA) is 55.7 Å². The Bertz CT molecular complexity index is 698. The standard InChI is InChI=1S/C16H17N3O2/c1-10-6-13(9-17-8-10)15-18-16(21-19-15)12-5-4-11(2)14(7-12)20-3/h4-9,16H,1-3H3,(H,18,19). The molecule has 0 bridgehead atoms. The van der Waals surface area contributed by atoms with Gasteiger partial charge in [-0.05, 0) is 37.1 Å². The lowest BCUT2D eigenvalue weighted by Crippen LogP contribution is -2.18. The molecule has 1 aromatic heterocycles. The van der Waals surface area contributed by atoms with E-state index in [9.17, 15) is 0 Å². The Balaban J connectivity index is 1.89. The van der Waals surface area contributed by atoms with Crippen LogP contribution in [-0.4, -0.2) is 17.9 Å². The normalized spacial score (nSPS) is 17.3. The lowest BCUT2D eigenvalue weighted by atomic mass is 10.1. The van der Waals surface area contributed by atoms with Gasteiger partial charge in [-0.2, -0.15) is 0 Å². The van der Waals surface area contributed by atoms with Crippen LogP contribution in [0.2, 0.25) is 0 Å². The predicted molar refractivity (Wildman–Crippen MR) is 80.2 cm³/mol. The quantitative estimate of drug-likeness (QED) is 0.941. The highest BCUT2D eigenvalue weighted by Gasteiger charge is 2.21. The number of pyridine rings is 1. The van der Waals surface area contributed by atoms with Crippen LogP contribution >= 0.6 is 0 Å². The third-order valence-electron chi connectivity index (χ3n) is 3.38. The van der Waals surface area contributed by atoms with E-state index in [0.29, 0.717) is 5.84 Å². The van der Waals surface area contributed by atoms with Crippen LogP contribution in [0.5, 0.6) is 5.75 Å². The lowest BCUT2D eigenvalue weighted by molar-refractivity contribution is 0.0375. The summed E-state index contributed by atoms with van der Waals surface area (Å²) in [5.74, 6) is 1.52. The minimum Gasteiger partial charge on any atom is -0.496 e. The number of amidine groups is 1. The second kappa shape index (κ2) is 5.54. The van der Waals surface area contributed by atoms with Gasteiger partial charge in [0, 0.05) is 23.5 Å². The number of aryl methyl sites for hydroxylation is 2. The summed E-state index contributed by atoms with van der Waals surface area (Å²) in [6.07, 6.45) is 3.19. The monoisotopic (exact) mass is 283 g/mol. The molecular formula is C16H17N3O2. The first-order chi connectivity index (χ1) is 10.2. The Morgan fingerprint density at radius 3 is 2.81 bits per heavy atom. The molecule has 0 aliphatic carbocycles. The van der Waals surface area contributed by atoms with Crippen molar-refractivity contribution in [3.63, 3.8) is 0 Å². The molecule has 108 valence electrons. The summed E-state index contributed by atoms with van der Waals surface area (Å²) in [5, 5.41) is 0. The van der Waals surface area contributed by atoms with E-state index in [-0.39, 0.29) is 6.23 Å². The van der Waals surface area contributed by atoms with E-state index in [4.69, 9.17) is 9.57 Å². The van der Waals surface area contributed by atoms with Crippen molar-refractivity contribution in [1.82, 2.24) is 10.5 Å². The highest BCUT2D eigenvalue weighted by molar-refractivity contribution is 5.98. The van der Waals surface area contributed by atoms with E-state index < -0.39 is 0 Å². The molecule has 5 heteroatoms. The van der Waals surface area contributed by atoms with E-state index in [1.165, 1.54) is 0 Å². The van der Waals surface area contributed by atoms with Crippen molar-refractivity contribution in [1.29, 1.82) is 0 Å². The first-order valence-corrected chi connectivity index (χ1v) is 6.73. The zero-order valence-corrected chi connectivity index (χ0v) is 12.3. The van der Waals surface area contributed by atoms with Gasteiger partial charge in [0.25, 0.3) is 0 Å². The van der Waals surface area contributed by atoms with Gasteiger partial charge < -0.3 is 4.74 Å². The Labute approximate surface area is 123 Å². The summed E-state index contributed by atoms with van der Waals surface area (Å²) in [6, 6.07) is 7.95. The molecule has 5 nitrogen and oxygen atoms in total. The number of hydroxylamine groups is 1. The largest absolute Gasteiger partial charge is 0.496 e. The second-order valence-corrected chi connectivity index (χ2v) is 5.03. The lowest BCUT2D eigenvalue weighted by Gasteiger charge is -2.10. The maximum absolute atomic E-state index is 5.55. The zero-order valence-electron chi connectivity index (χ0n) is 12.3. The van der Waals surface area contributed by atoms with Gasteiger partial charge in [-0.25, -0.2) is 15.3 Å². The van der Waals surface area contributed by atoms with Crippen LogP contribution in [0.4, 0.5) is 0 Å². The number of ether oxygens (including phenoxy) is 1. The van der Waals surface area contributed by atoms with E-state index in [0.717, 1.165) is 28.0 Å². The summed E-state index contributed by atoms with van der Waals surface area (Å²) in [6.45, 7) is 4.00. The molecule has 0 fully saturated rings. The Morgan fingerprint density at radius 1 is 1.19 bits per heavy atom. The predicted octanol–water partition coefficient (Wildman–Crippen LogP) is 2.69. The number of methoxy groups -OCH3 is 1. The van der Waals surface area contributed by atoms with Gasteiger partial charge in [0.15, 0.2) is 5.84 Å². The number of hydrogen-bond acceptors (Lipinski definition) is 5. The highest BCUT2D eigenvalue weighted by Crippen LogP contribution is 2.28. The molecule has 1 unspecified atom stereocenters. The van der Waals surface area contributed by atoms with Gasteiger partial charge in [-0.15, -0.1) is 0 Å².